The van der Waals surface area contributed by atoms with Crippen molar-refractivity contribution in [3.63, 3.8) is 0 Å². The average molecular weight is 323 g/mol. The molecule has 0 radical (unpaired) electrons. The van der Waals surface area contributed by atoms with Crippen LogP contribution in [0.1, 0.15) is 6.42 Å². The van der Waals surface area contributed by atoms with Crippen molar-refractivity contribution in [1.82, 2.24) is 4.90 Å². The van der Waals surface area contributed by atoms with Gasteiger partial charge in [0, 0.05) is 0 Å². The first-order valence-electron chi connectivity index (χ1n) is 8.03. The van der Waals surface area contributed by atoms with E-state index in [0.717, 1.165) is 17.9 Å². The summed E-state index contributed by atoms with van der Waals surface area (Å²) in [6.07, 6.45) is 0.734. The van der Waals surface area contributed by atoms with Gasteiger partial charge in [0.2, 0.25) is 11.8 Å². The van der Waals surface area contributed by atoms with Crippen molar-refractivity contribution in [3.8, 4) is 17.2 Å². The zero-order valence-electron chi connectivity index (χ0n) is 13.1. The highest BCUT2D eigenvalue weighted by Gasteiger charge is 2.58. The van der Waals surface area contributed by atoms with Gasteiger partial charge in [-0.3, -0.25) is 14.5 Å². The van der Waals surface area contributed by atoms with Gasteiger partial charge in [-0.2, -0.15) is 0 Å². The van der Waals surface area contributed by atoms with Gasteiger partial charge in [-0.15, -0.1) is 0 Å². The predicted molar refractivity (Wildman–Crippen MR) is 86.8 cm³/mol. The highest BCUT2D eigenvalue weighted by atomic mass is 16.5. The van der Waals surface area contributed by atoms with Crippen LogP contribution in [0.4, 0.5) is 0 Å². The van der Waals surface area contributed by atoms with E-state index in [1.807, 2.05) is 54.6 Å². The summed E-state index contributed by atoms with van der Waals surface area (Å²) in [4.78, 5) is 25.0. The molecule has 1 aliphatic heterocycles. The zero-order chi connectivity index (χ0) is 16.5. The summed E-state index contributed by atoms with van der Waals surface area (Å²) >= 11 is 0. The predicted octanol–water partition coefficient (Wildman–Crippen LogP) is 2.86. The fourth-order valence-electron chi connectivity index (χ4n) is 2.95. The van der Waals surface area contributed by atoms with Crippen molar-refractivity contribution in [2.24, 2.45) is 11.8 Å². The molecule has 4 rings (SSSR count). The van der Waals surface area contributed by atoms with Crippen molar-refractivity contribution in [1.29, 1.82) is 0 Å². The van der Waals surface area contributed by atoms with Crippen LogP contribution < -0.4 is 9.47 Å². The molecule has 2 atom stereocenters. The molecule has 2 fully saturated rings. The SMILES string of the molecule is O=C1C2CC2C(=O)N1CCOc1ccc(Oc2ccccc2)cc1. The minimum atomic E-state index is -0.0491. The molecule has 0 N–H and O–H groups in total. The molecule has 122 valence electrons. The van der Waals surface area contributed by atoms with Crippen LogP contribution in [0.15, 0.2) is 54.6 Å². The van der Waals surface area contributed by atoms with Gasteiger partial charge in [-0.25, -0.2) is 0 Å². The molecule has 5 nitrogen and oxygen atoms in total. The van der Waals surface area contributed by atoms with Crippen molar-refractivity contribution in [2.45, 2.75) is 6.42 Å². The van der Waals surface area contributed by atoms with Gasteiger partial charge in [-0.05, 0) is 42.8 Å². The Hall–Kier alpha value is -2.82. The number of hydrogen-bond donors (Lipinski definition) is 0. The number of piperidine rings is 1. The summed E-state index contributed by atoms with van der Waals surface area (Å²) in [6, 6.07) is 16.8. The van der Waals surface area contributed by atoms with Crippen LogP contribution in [0.5, 0.6) is 17.2 Å². The van der Waals surface area contributed by atoms with E-state index in [4.69, 9.17) is 9.47 Å². The summed E-state index contributed by atoms with van der Waals surface area (Å²) in [5.41, 5.74) is 0. The molecule has 5 heteroatoms. The van der Waals surface area contributed by atoms with E-state index in [1.54, 1.807) is 0 Å². The number of ether oxygens (including phenoxy) is 2. The van der Waals surface area contributed by atoms with Crippen LogP contribution in [-0.2, 0) is 9.59 Å². The zero-order valence-corrected chi connectivity index (χ0v) is 13.1. The molecule has 24 heavy (non-hydrogen) atoms. The first-order valence-corrected chi connectivity index (χ1v) is 8.03. The van der Waals surface area contributed by atoms with E-state index in [0.29, 0.717) is 18.9 Å². The van der Waals surface area contributed by atoms with Gasteiger partial charge in [0.1, 0.15) is 23.9 Å². The Balaban J connectivity index is 1.28. The number of imide groups is 1. The average Bonchev–Trinajstić information content (AvgIpc) is 3.36. The van der Waals surface area contributed by atoms with E-state index < -0.39 is 0 Å². The number of nitrogens with zero attached hydrogens (tertiary/aromatic N) is 1. The molecule has 2 aromatic carbocycles. The largest absolute Gasteiger partial charge is 0.492 e. The Kier molecular flexibility index (Phi) is 3.69. The van der Waals surface area contributed by atoms with E-state index in [2.05, 4.69) is 0 Å². The van der Waals surface area contributed by atoms with E-state index >= 15 is 0 Å². The smallest absolute Gasteiger partial charge is 0.233 e. The second-order valence-corrected chi connectivity index (χ2v) is 6.01. The summed E-state index contributed by atoms with van der Waals surface area (Å²) in [5.74, 6) is 1.99. The van der Waals surface area contributed by atoms with Gasteiger partial charge in [-0.1, -0.05) is 18.2 Å². The van der Waals surface area contributed by atoms with Crippen LogP contribution in [0.3, 0.4) is 0 Å². The lowest BCUT2D eigenvalue weighted by Crippen LogP contribution is -2.36. The standard InChI is InChI=1S/C19H17NO4/c21-18-16-12-17(16)19(22)20(18)10-11-23-13-6-8-15(9-7-13)24-14-4-2-1-3-5-14/h1-9,16-17H,10-12H2. The van der Waals surface area contributed by atoms with Gasteiger partial charge in [0.15, 0.2) is 0 Å². The second-order valence-electron chi connectivity index (χ2n) is 6.01. The first kappa shape index (κ1) is 14.8. The molecular weight excluding hydrogens is 306 g/mol. The normalized spacial score (nSPS) is 21.6. The fourth-order valence-corrected chi connectivity index (χ4v) is 2.95. The van der Waals surface area contributed by atoms with Crippen LogP contribution >= 0.6 is 0 Å². The van der Waals surface area contributed by atoms with Crippen molar-refractivity contribution in [3.05, 3.63) is 54.6 Å². The third-order valence-electron chi connectivity index (χ3n) is 4.34. The first-order chi connectivity index (χ1) is 11.7. The van der Waals surface area contributed by atoms with E-state index in [9.17, 15) is 9.59 Å². The maximum Gasteiger partial charge on any atom is 0.233 e. The van der Waals surface area contributed by atoms with E-state index in [-0.39, 0.29) is 23.7 Å². The quantitative estimate of drug-likeness (QED) is 0.767. The summed E-state index contributed by atoms with van der Waals surface area (Å²) in [6.45, 7) is 0.614. The fraction of sp³-hybridized carbons (Fsp3) is 0.263. The van der Waals surface area contributed by atoms with Gasteiger partial charge in [0.25, 0.3) is 0 Å². The molecule has 1 aliphatic carbocycles. The monoisotopic (exact) mass is 323 g/mol. The molecule has 1 heterocycles. The topological polar surface area (TPSA) is 55.8 Å². The maximum atomic E-state index is 11.9. The van der Waals surface area contributed by atoms with Crippen LogP contribution in [-0.4, -0.2) is 29.9 Å². The molecule has 0 spiro atoms. The second kappa shape index (κ2) is 6.00. The van der Waals surface area contributed by atoms with Gasteiger partial charge in [0.05, 0.1) is 18.4 Å². The molecule has 0 bridgehead atoms. The van der Waals surface area contributed by atoms with Gasteiger partial charge >= 0.3 is 0 Å². The summed E-state index contributed by atoms with van der Waals surface area (Å²) in [5, 5.41) is 0. The minimum absolute atomic E-state index is 0.0415. The van der Waals surface area contributed by atoms with Gasteiger partial charge < -0.3 is 9.47 Å². The third kappa shape index (κ3) is 2.85. The lowest BCUT2D eigenvalue weighted by Gasteiger charge is -2.16. The molecular formula is C19H17NO4. The van der Waals surface area contributed by atoms with Crippen LogP contribution in [0, 0.1) is 11.8 Å². The van der Waals surface area contributed by atoms with Crippen molar-refractivity contribution < 1.29 is 19.1 Å². The highest BCUT2D eigenvalue weighted by Crippen LogP contribution is 2.46. The summed E-state index contributed by atoms with van der Waals surface area (Å²) in [7, 11) is 0. The molecule has 2 aliphatic rings. The Morgan fingerprint density at radius 2 is 1.42 bits per heavy atom. The Bertz CT molecular complexity index is 737. The maximum absolute atomic E-state index is 11.9. The Morgan fingerprint density at radius 3 is 2.08 bits per heavy atom. The number of carbonyl (C=O) groups is 2. The molecule has 2 aromatic rings. The number of benzene rings is 2. The molecule has 2 amide bonds. The number of fused-ring (bicyclic) bond motifs is 1. The summed E-state index contributed by atoms with van der Waals surface area (Å²) < 4.78 is 11.3. The Labute approximate surface area is 139 Å². The Morgan fingerprint density at radius 1 is 0.833 bits per heavy atom. The minimum Gasteiger partial charge on any atom is -0.492 e. The molecule has 0 aromatic heterocycles. The van der Waals surface area contributed by atoms with Crippen LogP contribution in [0.2, 0.25) is 0 Å². The molecule has 2 unspecified atom stereocenters. The molecule has 1 saturated heterocycles. The van der Waals surface area contributed by atoms with Crippen LogP contribution in [0.25, 0.3) is 0 Å². The van der Waals surface area contributed by atoms with E-state index in [1.165, 1.54) is 4.90 Å². The van der Waals surface area contributed by atoms with Crippen molar-refractivity contribution in [2.75, 3.05) is 13.2 Å². The third-order valence-corrected chi connectivity index (χ3v) is 4.34. The number of amides is 2. The number of para-hydroxylation sites is 1. The lowest BCUT2D eigenvalue weighted by atomic mass is 10.3. The van der Waals surface area contributed by atoms with Crippen molar-refractivity contribution >= 4 is 11.8 Å². The highest BCUT2D eigenvalue weighted by molar-refractivity contribution is 6.08. The number of likely N-dealkylation sites (tertiary alicyclic amines) is 1. The number of carbonyl (C=O) groups excluding carboxylic acids is 2. The molecule has 1 saturated carbocycles. The number of rotatable bonds is 6. The number of hydrogen-bond acceptors (Lipinski definition) is 4. The lowest BCUT2D eigenvalue weighted by molar-refractivity contribution is -0.141.